The highest BCUT2D eigenvalue weighted by Gasteiger charge is 2.48. The standard InChI is InChI=1S/C23H31N5O/c1-14(2)25-10-16-5-4-6-17-20(16)23(7-8-24-11-23)12-28(17)22-19-15(3)9-18(29)21(19)26-13-27-22/h4-6,13-15,18,24-25,29H,7-12H2,1-3H3/t15-,18-,23+/m1/s1. The second kappa shape index (κ2) is 7.04. The molecule has 1 aromatic carbocycles. The number of rotatable bonds is 4. The van der Waals surface area contributed by atoms with Crippen molar-refractivity contribution >= 4 is 11.5 Å². The van der Waals surface area contributed by atoms with Crippen molar-refractivity contribution in [1.29, 1.82) is 0 Å². The molecule has 6 nitrogen and oxygen atoms in total. The van der Waals surface area contributed by atoms with Gasteiger partial charge in [-0.3, -0.25) is 0 Å². The highest BCUT2D eigenvalue weighted by molar-refractivity contribution is 5.75. The van der Waals surface area contributed by atoms with E-state index < -0.39 is 6.10 Å². The van der Waals surface area contributed by atoms with Crippen molar-refractivity contribution in [3.63, 3.8) is 0 Å². The van der Waals surface area contributed by atoms with Crippen LogP contribution in [-0.2, 0) is 12.0 Å². The van der Waals surface area contributed by atoms with Gasteiger partial charge in [0.25, 0.3) is 0 Å². The zero-order chi connectivity index (χ0) is 20.2. The lowest BCUT2D eigenvalue weighted by molar-refractivity contribution is 0.170. The summed E-state index contributed by atoms with van der Waals surface area (Å²) in [6, 6.07) is 7.14. The normalized spacial score (nSPS) is 27.8. The summed E-state index contributed by atoms with van der Waals surface area (Å²) in [6.07, 6.45) is 3.01. The van der Waals surface area contributed by atoms with E-state index in [2.05, 4.69) is 59.5 Å². The minimum atomic E-state index is -0.479. The summed E-state index contributed by atoms with van der Waals surface area (Å²) in [7, 11) is 0. The predicted molar refractivity (Wildman–Crippen MR) is 115 cm³/mol. The molecule has 1 fully saturated rings. The quantitative estimate of drug-likeness (QED) is 0.742. The maximum Gasteiger partial charge on any atom is 0.140 e. The number of nitrogens with zero attached hydrogens (tertiary/aromatic N) is 3. The highest BCUT2D eigenvalue weighted by Crippen LogP contribution is 2.51. The average Bonchev–Trinajstić information content (AvgIpc) is 3.39. The van der Waals surface area contributed by atoms with Gasteiger partial charge < -0.3 is 20.6 Å². The first-order valence-electron chi connectivity index (χ1n) is 10.9. The van der Waals surface area contributed by atoms with Gasteiger partial charge in [-0.2, -0.15) is 0 Å². The number of aliphatic hydroxyl groups is 1. The second-order valence-electron chi connectivity index (χ2n) is 9.29. The molecule has 2 aromatic rings. The number of aliphatic hydroxyl groups excluding tert-OH is 1. The maximum absolute atomic E-state index is 10.5. The third-order valence-electron chi connectivity index (χ3n) is 6.89. The minimum absolute atomic E-state index is 0.114. The van der Waals surface area contributed by atoms with E-state index >= 15 is 0 Å². The van der Waals surface area contributed by atoms with Crippen LogP contribution in [0.5, 0.6) is 0 Å². The highest BCUT2D eigenvalue weighted by atomic mass is 16.3. The Hall–Kier alpha value is -2.02. The van der Waals surface area contributed by atoms with Crippen LogP contribution in [0, 0.1) is 0 Å². The summed E-state index contributed by atoms with van der Waals surface area (Å²) in [5.41, 5.74) is 6.18. The molecule has 1 saturated heterocycles. The molecule has 154 valence electrons. The topological polar surface area (TPSA) is 73.3 Å². The molecule has 0 saturated carbocycles. The number of nitrogens with one attached hydrogen (secondary N) is 2. The molecule has 1 aromatic heterocycles. The van der Waals surface area contributed by atoms with Crippen LogP contribution in [0.25, 0.3) is 0 Å². The number of hydrogen-bond acceptors (Lipinski definition) is 6. The van der Waals surface area contributed by atoms with E-state index in [0.717, 1.165) is 56.1 Å². The van der Waals surface area contributed by atoms with Crippen LogP contribution in [0.1, 0.15) is 68.0 Å². The number of benzene rings is 1. The fourth-order valence-corrected chi connectivity index (χ4v) is 5.55. The number of anilines is 2. The van der Waals surface area contributed by atoms with Gasteiger partial charge in [-0.05, 0) is 42.5 Å². The molecule has 0 radical (unpaired) electrons. The van der Waals surface area contributed by atoms with Gasteiger partial charge in [0.05, 0.1) is 11.8 Å². The van der Waals surface area contributed by atoms with E-state index in [4.69, 9.17) is 4.98 Å². The molecule has 0 bridgehead atoms. The summed E-state index contributed by atoms with van der Waals surface area (Å²) >= 11 is 0. The van der Waals surface area contributed by atoms with Crippen LogP contribution >= 0.6 is 0 Å². The predicted octanol–water partition coefficient (Wildman–Crippen LogP) is 2.90. The van der Waals surface area contributed by atoms with Crippen molar-refractivity contribution < 1.29 is 5.11 Å². The van der Waals surface area contributed by atoms with Gasteiger partial charge in [-0.1, -0.05) is 32.9 Å². The summed E-state index contributed by atoms with van der Waals surface area (Å²) < 4.78 is 0. The van der Waals surface area contributed by atoms with E-state index in [0.29, 0.717) is 6.04 Å². The van der Waals surface area contributed by atoms with E-state index in [1.165, 1.54) is 16.8 Å². The number of aromatic nitrogens is 2. The first kappa shape index (κ1) is 19.0. The molecule has 0 amide bonds. The molecule has 3 aliphatic rings. The van der Waals surface area contributed by atoms with E-state index in [-0.39, 0.29) is 11.3 Å². The lowest BCUT2D eigenvalue weighted by atomic mass is 9.79. The Kier molecular flexibility index (Phi) is 4.61. The summed E-state index contributed by atoms with van der Waals surface area (Å²) in [5.74, 6) is 1.25. The zero-order valence-corrected chi connectivity index (χ0v) is 17.6. The molecule has 5 rings (SSSR count). The molecule has 3 N–H and O–H groups in total. The van der Waals surface area contributed by atoms with Gasteiger partial charge in [-0.25, -0.2) is 9.97 Å². The Morgan fingerprint density at radius 2 is 2.21 bits per heavy atom. The molecule has 1 aliphatic carbocycles. The summed E-state index contributed by atoms with van der Waals surface area (Å²) in [4.78, 5) is 11.6. The molecule has 2 aliphatic heterocycles. The molecule has 3 atom stereocenters. The molecule has 6 heteroatoms. The van der Waals surface area contributed by atoms with Crippen LogP contribution in [-0.4, -0.2) is 40.8 Å². The molecular formula is C23H31N5O. The van der Waals surface area contributed by atoms with Gasteiger partial charge >= 0.3 is 0 Å². The van der Waals surface area contributed by atoms with Gasteiger partial charge in [0.15, 0.2) is 0 Å². The number of fused-ring (bicyclic) bond motifs is 3. The average molecular weight is 394 g/mol. The Bertz CT molecular complexity index is 921. The Balaban J connectivity index is 1.64. The van der Waals surface area contributed by atoms with Crippen LogP contribution in [0.3, 0.4) is 0 Å². The van der Waals surface area contributed by atoms with Gasteiger partial charge in [-0.15, -0.1) is 0 Å². The third-order valence-corrected chi connectivity index (χ3v) is 6.89. The molecule has 3 heterocycles. The lowest BCUT2D eigenvalue weighted by Crippen LogP contribution is -2.35. The molecule has 29 heavy (non-hydrogen) atoms. The fourth-order valence-electron chi connectivity index (χ4n) is 5.55. The summed E-state index contributed by atoms with van der Waals surface area (Å²) in [5, 5.41) is 17.7. The first-order chi connectivity index (χ1) is 14.0. The molecule has 1 spiro atoms. The molecule has 0 unspecified atom stereocenters. The lowest BCUT2D eigenvalue weighted by Gasteiger charge is -2.27. The largest absolute Gasteiger partial charge is 0.387 e. The fraction of sp³-hybridized carbons (Fsp3) is 0.565. The van der Waals surface area contributed by atoms with Crippen molar-refractivity contribution in [2.75, 3.05) is 24.5 Å². The smallest absolute Gasteiger partial charge is 0.140 e. The van der Waals surface area contributed by atoms with E-state index in [9.17, 15) is 5.11 Å². The van der Waals surface area contributed by atoms with Gasteiger partial charge in [0.1, 0.15) is 12.1 Å². The SMILES string of the molecule is CC(C)NCc1cccc2c1[C@]1(CCNC1)CN2c1ncnc2c1[C@H](C)C[C@H]2O. The van der Waals surface area contributed by atoms with E-state index in [1.807, 2.05) is 0 Å². The second-order valence-corrected chi connectivity index (χ2v) is 9.29. The molecular weight excluding hydrogens is 362 g/mol. The van der Waals surface area contributed by atoms with Crippen molar-refractivity contribution in [2.24, 2.45) is 0 Å². The van der Waals surface area contributed by atoms with Gasteiger partial charge in [0.2, 0.25) is 0 Å². The number of hydrogen-bond donors (Lipinski definition) is 3. The van der Waals surface area contributed by atoms with Crippen molar-refractivity contribution in [3.05, 3.63) is 46.9 Å². The van der Waals surface area contributed by atoms with Crippen molar-refractivity contribution in [1.82, 2.24) is 20.6 Å². The third kappa shape index (κ3) is 2.97. The van der Waals surface area contributed by atoms with E-state index in [1.54, 1.807) is 6.33 Å². The Labute approximate surface area is 172 Å². The van der Waals surface area contributed by atoms with Crippen LogP contribution in [0.15, 0.2) is 24.5 Å². The Morgan fingerprint density at radius 1 is 1.34 bits per heavy atom. The maximum atomic E-state index is 10.5. The Morgan fingerprint density at radius 3 is 2.97 bits per heavy atom. The van der Waals surface area contributed by atoms with Crippen molar-refractivity contribution in [2.45, 2.75) is 63.6 Å². The van der Waals surface area contributed by atoms with Crippen LogP contribution < -0.4 is 15.5 Å². The zero-order valence-electron chi connectivity index (χ0n) is 17.6. The van der Waals surface area contributed by atoms with Crippen LogP contribution in [0.4, 0.5) is 11.5 Å². The minimum Gasteiger partial charge on any atom is -0.387 e. The van der Waals surface area contributed by atoms with Gasteiger partial charge in [0, 0.05) is 42.3 Å². The van der Waals surface area contributed by atoms with Crippen molar-refractivity contribution in [3.8, 4) is 0 Å². The summed E-state index contributed by atoms with van der Waals surface area (Å²) in [6.45, 7) is 10.4. The monoisotopic (exact) mass is 393 g/mol. The first-order valence-corrected chi connectivity index (χ1v) is 10.9. The van der Waals surface area contributed by atoms with Crippen LogP contribution in [0.2, 0.25) is 0 Å².